The Labute approximate surface area is 186 Å². The first-order valence-corrected chi connectivity index (χ1v) is 10.3. The highest BCUT2D eigenvalue weighted by atomic mass is 19.1. The number of fused-ring (bicyclic) bond motifs is 1. The van der Waals surface area contributed by atoms with Crippen molar-refractivity contribution in [3.05, 3.63) is 96.2 Å². The monoisotopic (exact) mass is 426 g/mol. The maximum absolute atomic E-state index is 14.1. The van der Waals surface area contributed by atoms with Crippen molar-refractivity contribution in [3.63, 3.8) is 0 Å². The molecule has 0 bridgehead atoms. The van der Waals surface area contributed by atoms with Crippen molar-refractivity contribution in [2.24, 2.45) is 0 Å². The fraction of sp³-hybridized carbons (Fsp3) is 0.154. The zero-order valence-electron chi connectivity index (χ0n) is 18.0. The third-order valence-corrected chi connectivity index (χ3v) is 5.57. The first-order valence-electron chi connectivity index (χ1n) is 10.3. The van der Waals surface area contributed by atoms with E-state index in [-0.39, 0.29) is 11.7 Å². The molecular weight excluding hydrogens is 403 g/mol. The summed E-state index contributed by atoms with van der Waals surface area (Å²) in [7, 11) is 1.60. The van der Waals surface area contributed by atoms with Crippen LogP contribution in [-0.2, 0) is 17.6 Å². The third-order valence-electron chi connectivity index (χ3n) is 5.57. The van der Waals surface area contributed by atoms with Crippen molar-refractivity contribution >= 4 is 22.8 Å². The Hall–Kier alpha value is -3.93. The van der Waals surface area contributed by atoms with Crippen molar-refractivity contribution in [2.75, 3.05) is 11.9 Å². The zero-order chi connectivity index (χ0) is 22.7. The van der Waals surface area contributed by atoms with Gasteiger partial charge in [-0.2, -0.15) is 0 Å². The van der Waals surface area contributed by atoms with Crippen molar-refractivity contribution in [1.82, 2.24) is 15.0 Å². The Morgan fingerprint density at radius 3 is 2.50 bits per heavy atom. The highest BCUT2D eigenvalue weighted by Crippen LogP contribution is 2.28. The van der Waals surface area contributed by atoms with E-state index in [1.807, 2.05) is 37.4 Å². The number of hydrogen-bond acceptors (Lipinski definition) is 4. The van der Waals surface area contributed by atoms with Crippen LogP contribution in [0.25, 0.3) is 22.0 Å². The van der Waals surface area contributed by atoms with Gasteiger partial charge in [-0.05, 0) is 66.3 Å². The third kappa shape index (κ3) is 4.25. The van der Waals surface area contributed by atoms with E-state index in [4.69, 9.17) is 0 Å². The highest BCUT2D eigenvalue weighted by Gasteiger charge is 2.12. The van der Waals surface area contributed by atoms with Gasteiger partial charge in [0.05, 0.1) is 5.52 Å². The lowest BCUT2D eigenvalue weighted by atomic mass is 9.95. The van der Waals surface area contributed by atoms with Crippen LogP contribution in [0.3, 0.4) is 0 Å². The predicted molar refractivity (Wildman–Crippen MR) is 125 cm³/mol. The van der Waals surface area contributed by atoms with Gasteiger partial charge >= 0.3 is 0 Å². The van der Waals surface area contributed by atoms with Gasteiger partial charge in [-0.25, -0.2) is 14.4 Å². The van der Waals surface area contributed by atoms with Crippen LogP contribution in [-0.4, -0.2) is 27.9 Å². The van der Waals surface area contributed by atoms with Gasteiger partial charge in [0, 0.05) is 36.6 Å². The molecule has 0 N–H and O–H groups in total. The lowest BCUT2D eigenvalue weighted by Gasteiger charge is -2.14. The van der Waals surface area contributed by atoms with Crippen LogP contribution in [0.15, 0.2) is 73.7 Å². The Morgan fingerprint density at radius 1 is 1.03 bits per heavy atom. The van der Waals surface area contributed by atoms with Gasteiger partial charge in [-0.1, -0.05) is 30.8 Å². The summed E-state index contributed by atoms with van der Waals surface area (Å²) in [5, 5.41) is 1.03. The molecule has 0 aliphatic carbocycles. The van der Waals surface area contributed by atoms with Gasteiger partial charge < -0.3 is 0 Å². The lowest BCUT2D eigenvalue weighted by molar-refractivity contribution is -0.113. The molecule has 0 radical (unpaired) electrons. The van der Waals surface area contributed by atoms with Crippen LogP contribution in [0.1, 0.15) is 16.7 Å². The van der Waals surface area contributed by atoms with Crippen molar-refractivity contribution < 1.29 is 9.18 Å². The van der Waals surface area contributed by atoms with Crippen LogP contribution in [0.5, 0.6) is 0 Å². The van der Waals surface area contributed by atoms with Gasteiger partial charge in [0.15, 0.2) is 0 Å². The number of anilines is 1. The first-order chi connectivity index (χ1) is 15.5. The first kappa shape index (κ1) is 21.3. The van der Waals surface area contributed by atoms with E-state index in [0.29, 0.717) is 24.4 Å². The summed E-state index contributed by atoms with van der Waals surface area (Å²) in [5.74, 6) is -0.145. The molecule has 1 amide bonds. The number of aryl methyl sites for hydroxylation is 3. The summed E-state index contributed by atoms with van der Waals surface area (Å²) in [6, 6.07) is 12.9. The Bertz CT molecular complexity index is 1300. The van der Waals surface area contributed by atoms with E-state index < -0.39 is 0 Å². The average molecular weight is 426 g/mol. The molecular formula is C26H23FN4O. The highest BCUT2D eigenvalue weighted by molar-refractivity contribution is 5.99. The minimum absolute atomic E-state index is 0.179. The number of rotatable bonds is 6. The summed E-state index contributed by atoms with van der Waals surface area (Å²) in [6.07, 6.45) is 7.79. The van der Waals surface area contributed by atoms with Crippen molar-refractivity contribution in [2.45, 2.75) is 19.8 Å². The molecule has 5 nitrogen and oxygen atoms in total. The van der Waals surface area contributed by atoms with Gasteiger partial charge in [-0.15, -0.1) is 0 Å². The number of hydrogen-bond donors (Lipinski definition) is 0. The van der Waals surface area contributed by atoms with E-state index in [0.717, 1.165) is 33.2 Å². The standard InChI is InChI=1S/C26H23FN4O/c1-4-25(32)31(3)26-29-15-20(16-30-26)19-10-12-24-22(13-19)21(17(2)14-28-24)11-9-18-7-5-6-8-23(18)27/h4-8,10,12-16H,1,9,11H2,2-3H3. The fourth-order valence-electron chi connectivity index (χ4n) is 3.70. The van der Waals surface area contributed by atoms with Crippen molar-refractivity contribution in [3.8, 4) is 11.1 Å². The number of pyridine rings is 1. The second-order valence-electron chi connectivity index (χ2n) is 7.62. The van der Waals surface area contributed by atoms with Crippen LogP contribution < -0.4 is 4.90 Å². The number of likely N-dealkylation sites (N-methyl/N-ethyl adjacent to an activating group) is 1. The summed E-state index contributed by atoms with van der Waals surface area (Å²) < 4.78 is 14.1. The summed E-state index contributed by atoms with van der Waals surface area (Å²) >= 11 is 0. The summed E-state index contributed by atoms with van der Waals surface area (Å²) in [6.45, 7) is 5.51. The molecule has 0 fully saturated rings. The van der Waals surface area contributed by atoms with Gasteiger partial charge in [-0.3, -0.25) is 14.7 Å². The molecule has 6 heteroatoms. The number of carbonyl (C=O) groups is 1. The maximum atomic E-state index is 14.1. The molecule has 4 rings (SSSR count). The Balaban J connectivity index is 1.67. The van der Waals surface area contributed by atoms with Crippen LogP contribution in [0.2, 0.25) is 0 Å². The largest absolute Gasteiger partial charge is 0.280 e. The van der Waals surface area contributed by atoms with Crippen LogP contribution in [0, 0.1) is 12.7 Å². The SMILES string of the molecule is C=CC(=O)N(C)c1ncc(-c2ccc3ncc(C)c(CCc4ccccc4F)c3c2)cn1. The van der Waals surface area contributed by atoms with Crippen LogP contribution in [0.4, 0.5) is 10.3 Å². The Kier molecular flexibility index (Phi) is 6.03. The fourth-order valence-corrected chi connectivity index (χ4v) is 3.70. The second-order valence-corrected chi connectivity index (χ2v) is 7.62. The smallest absolute Gasteiger partial charge is 0.252 e. The molecule has 0 aliphatic rings. The van der Waals surface area contributed by atoms with Gasteiger partial charge in [0.2, 0.25) is 5.95 Å². The number of carbonyl (C=O) groups excluding carboxylic acids is 1. The molecule has 0 saturated carbocycles. The number of aromatic nitrogens is 3. The zero-order valence-corrected chi connectivity index (χ0v) is 18.0. The average Bonchev–Trinajstić information content (AvgIpc) is 2.83. The molecule has 32 heavy (non-hydrogen) atoms. The molecule has 2 aromatic carbocycles. The summed E-state index contributed by atoms with van der Waals surface area (Å²) in [5.41, 5.74) is 5.58. The van der Waals surface area contributed by atoms with E-state index >= 15 is 0 Å². The molecule has 0 saturated heterocycles. The number of nitrogens with zero attached hydrogens (tertiary/aromatic N) is 4. The maximum Gasteiger partial charge on any atom is 0.252 e. The van der Waals surface area contributed by atoms with E-state index in [1.54, 1.807) is 25.5 Å². The quantitative estimate of drug-likeness (QED) is 0.404. The van der Waals surface area contributed by atoms with Gasteiger partial charge in [0.25, 0.3) is 5.91 Å². The molecule has 160 valence electrons. The van der Waals surface area contributed by atoms with E-state index in [9.17, 15) is 9.18 Å². The molecule has 0 aliphatic heterocycles. The lowest BCUT2D eigenvalue weighted by Crippen LogP contribution is -2.25. The number of amides is 1. The normalized spacial score (nSPS) is 10.8. The second kappa shape index (κ2) is 9.06. The minimum Gasteiger partial charge on any atom is -0.280 e. The van der Waals surface area contributed by atoms with Crippen molar-refractivity contribution in [1.29, 1.82) is 0 Å². The molecule has 4 aromatic rings. The predicted octanol–water partition coefficient (Wildman–Crippen LogP) is 5.07. The molecule has 0 spiro atoms. The molecule has 0 unspecified atom stereocenters. The molecule has 2 heterocycles. The Morgan fingerprint density at radius 2 is 1.78 bits per heavy atom. The number of halogens is 1. The van der Waals surface area contributed by atoms with E-state index in [2.05, 4.69) is 27.6 Å². The van der Waals surface area contributed by atoms with Crippen LogP contribution >= 0.6 is 0 Å². The van der Waals surface area contributed by atoms with Gasteiger partial charge in [0.1, 0.15) is 5.82 Å². The molecule has 0 atom stereocenters. The topological polar surface area (TPSA) is 59.0 Å². The van der Waals surface area contributed by atoms with E-state index in [1.165, 1.54) is 17.0 Å². The summed E-state index contributed by atoms with van der Waals surface area (Å²) in [4.78, 5) is 26.3. The minimum atomic E-state index is -0.274. The molecule has 2 aromatic heterocycles. The number of benzene rings is 2.